The summed E-state index contributed by atoms with van der Waals surface area (Å²) in [6.45, 7) is 0.894. The molecule has 8 nitrogen and oxygen atoms in total. The normalized spacial score (nSPS) is 13.8. The van der Waals surface area contributed by atoms with Crippen molar-refractivity contribution in [1.29, 1.82) is 0 Å². The van der Waals surface area contributed by atoms with Gasteiger partial charge in [0.2, 0.25) is 5.91 Å². The summed E-state index contributed by atoms with van der Waals surface area (Å²) in [5, 5.41) is 5.28. The molecular formula is C19H15BrN4O4. The van der Waals surface area contributed by atoms with Gasteiger partial charge in [0.05, 0.1) is 6.54 Å². The van der Waals surface area contributed by atoms with Crippen LogP contribution in [0.3, 0.4) is 0 Å². The van der Waals surface area contributed by atoms with Gasteiger partial charge in [-0.3, -0.25) is 4.79 Å². The molecule has 0 saturated carbocycles. The van der Waals surface area contributed by atoms with E-state index >= 15 is 0 Å². The van der Waals surface area contributed by atoms with E-state index in [1.54, 1.807) is 17.0 Å². The number of aromatic nitrogens is 3. The van der Waals surface area contributed by atoms with Gasteiger partial charge in [-0.1, -0.05) is 18.2 Å². The first kappa shape index (κ1) is 17.1. The Labute approximate surface area is 166 Å². The molecule has 28 heavy (non-hydrogen) atoms. The van der Waals surface area contributed by atoms with E-state index in [2.05, 4.69) is 32.1 Å². The first-order chi connectivity index (χ1) is 13.6. The molecule has 1 aliphatic heterocycles. The van der Waals surface area contributed by atoms with Crippen molar-refractivity contribution in [1.82, 2.24) is 19.7 Å². The zero-order valence-electron chi connectivity index (χ0n) is 14.6. The lowest BCUT2D eigenvalue weighted by molar-refractivity contribution is -0.133. The highest BCUT2D eigenvalue weighted by Crippen LogP contribution is 2.27. The molecule has 0 radical (unpaired) electrons. The lowest BCUT2D eigenvalue weighted by Crippen LogP contribution is -2.39. The van der Waals surface area contributed by atoms with Gasteiger partial charge in [-0.15, -0.1) is 5.10 Å². The van der Waals surface area contributed by atoms with Crippen molar-refractivity contribution in [2.24, 2.45) is 0 Å². The van der Waals surface area contributed by atoms with Gasteiger partial charge in [0.25, 0.3) is 5.89 Å². The molecule has 0 atom stereocenters. The van der Waals surface area contributed by atoms with Crippen LogP contribution in [0.5, 0.6) is 0 Å². The Balaban J connectivity index is 1.35. The van der Waals surface area contributed by atoms with Crippen molar-refractivity contribution in [3.8, 4) is 11.7 Å². The highest BCUT2D eigenvalue weighted by Gasteiger charge is 2.25. The molecule has 3 aromatic heterocycles. The van der Waals surface area contributed by atoms with Crippen LogP contribution in [0.1, 0.15) is 11.3 Å². The average Bonchev–Trinajstić information content (AvgIpc) is 3.38. The molecular weight excluding hydrogens is 428 g/mol. The molecule has 142 valence electrons. The van der Waals surface area contributed by atoms with Crippen LogP contribution < -0.4 is 5.76 Å². The summed E-state index contributed by atoms with van der Waals surface area (Å²) in [5.41, 5.74) is 3.36. The summed E-state index contributed by atoms with van der Waals surface area (Å²) in [5.74, 6) is -0.526. The topological polar surface area (TPSA) is 97.3 Å². The number of furan rings is 1. The predicted octanol–water partition coefficient (Wildman–Crippen LogP) is 2.93. The second-order valence-electron chi connectivity index (χ2n) is 6.63. The summed E-state index contributed by atoms with van der Waals surface area (Å²) in [4.78, 5) is 29.9. The van der Waals surface area contributed by atoms with Crippen molar-refractivity contribution in [2.45, 2.75) is 19.5 Å². The first-order valence-electron chi connectivity index (χ1n) is 8.78. The lowest BCUT2D eigenvalue weighted by atomic mass is 10.0. The van der Waals surface area contributed by atoms with Crippen LogP contribution in [0.2, 0.25) is 0 Å². The second kappa shape index (κ2) is 6.52. The fraction of sp³-hybridized carbons (Fsp3) is 0.211. The maximum Gasteiger partial charge on any atom is 0.437 e. The number of nitrogens with one attached hydrogen (secondary N) is 1. The molecule has 0 spiro atoms. The second-order valence-corrected chi connectivity index (χ2v) is 7.41. The standard InChI is InChI=1S/C19H15BrN4O4/c20-16-6-5-15(27-16)18-22-24(19(26)28-18)10-17(25)23-8-7-12-11-3-1-2-4-13(11)21-14(12)9-23/h1-6,21H,7-10H2. The summed E-state index contributed by atoms with van der Waals surface area (Å²) < 4.78 is 12.0. The van der Waals surface area contributed by atoms with Crippen molar-refractivity contribution in [3.05, 3.63) is 62.9 Å². The van der Waals surface area contributed by atoms with E-state index in [4.69, 9.17) is 8.83 Å². The van der Waals surface area contributed by atoms with Crippen molar-refractivity contribution >= 4 is 32.7 Å². The van der Waals surface area contributed by atoms with E-state index in [0.29, 0.717) is 23.5 Å². The molecule has 4 aromatic rings. The van der Waals surface area contributed by atoms with Crippen LogP contribution in [0.25, 0.3) is 22.6 Å². The number of hydrogen-bond donors (Lipinski definition) is 1. The fourth-order valence-electron chi connectivity index (χ4n) is 3.57. The van der Waals surface area contributed by atoms with Crippen LogP contribution >= 0.6 is 15.9 Å². The Morgan fingerprint density at radius 1 is 1.21 bits per heavy atom. The monoisotopic (exact) mass is 442 g/mol. The minimum atomic E-state index is -0.695. The smallest absolute Gasteiger partial charge is 0.437 e. The Bertz CT molecular complexity index is 1250. The molecule has 9 heteroatoms. The quantitative estimate of drug-likeness (QED) is 0.525. The number of para-hydroxylation sites is 1. The van der Waals surface area contributed by atoms with Gasteiger partial charge < -0.3 is 18.7 Å². The van der Waals surface area contributed by atoms with E-state index < -0.39 is 5.76 Å². The lowest BCUT2D eigenvalue weighted by Gasteiger charge is -2.26. The Morgan fingerprint density at radius 3 is 2.89 bits per heavy atom. The number of carbonyl (C=O) groups is 1. The number of H-pyrrole nitrogens is 1. The molecule has 0 fully saturated rings. The third kappa shape index (κ3) is 2.88. The molecule has 1 aliphatic rings. The number of aromatic amines is 1. The molecule has 1 amide bonds. The summed E-state index contributed by atoms with van der Waals surface area (Å²) in [7, 11) is 0. The summed E-state index contributed by atoms with van der Waals surface area (Å²) >= 11 is 3.19. The minimum Gasteiger partial charge on any atom is -0.444 e. The third-order valence-electron chi connectivity index (χ3n) is 4.91. The minimum absolute atomic E-state index is 0.0417. The fourth-order valence-corrected chi connectivity index (χ4v) is 3.88. The number of nitrogens with zero attached hydrogens (tertiary/aromatic N) is 3. The zero-order chi connectivity index (χ0) is 19.3. The zero-order valence-corrected chi connectivity index (χ0v) is 16.2. The van der Waals surface area contributed by atoms with Crippen molar-refractivity contribution in [2.75, 3.05) is 6.54 Å². The summed E-state index contributed by atoms with van der Waals surface area (Å²) in [6.07, 6.45) is 0.768. The maximum atomic E-state index is 12.7. The van der Waals surface area contributed by atoms with Crippen LogP contribution in [-0.2, 0) is 24.3 Å². The SMILES string of the molecule is O=C(Cn1nc(-c2ccc(Br)o2)oc1=O)N1CCc2c([nH]c3ccccc23)C1. The maximum absolute atomic E-state index is 12.7. The molecule has 5 rings (SSSR count). The van der Waals surface area contributed by atoms with Gasteiger partial charge in [-0.05, 0) is 46.1 Å². The van der Waals surface area contributed by atoms with E-state index in [-0.39, 0.29) is 18.3 Å². The van der Waals surface area contributed by atoms with Crippen LogP contribution in [0.4, 0.5) is 0 Å². The molecule has 1 N–H and O–H groups in total. The highest BCUT2D eigenvalue weighted by atomic mass is 79.9. The molecule has 0 saturated heterocycles. The van der Waals surface area contributed by atoms with Gasteiger partial charge >= 0.3 is 5.76 Å². The number of amides is 1. The van der Waals surface area contributed by atoms with Gasteiger partial charge in [0.1, 0.15) is 6.54 Å². The summed E-state index contributed by atoms with van der Waals surface area (Å²) in [6, 6.07) is 11.4. The Kier molecular flexibility index (Phi) is 3.97. The molecule has 0 aliphatic carbocycles. The van der Waals surface area contributed by atoms with Gasteiger partial charge in [-0.25, -0.2) is 4.79 Å². The Hall–Kier alpha value is -3.07. The van der Waals surface area contributed by atoms with E-state index in [0.717, 1.165) is 22.3 Å². The largest absolute Gasteiger partial charge is 0.444 e. The number of fused-ring (bicyclic) bond motifs is 3. The number of hydrogen-bond acceptors (Lipinski definition) is 5. The van der Waals surface area contributed by atoms with Gasteiger partial charge in [-0.2, -0.15) is 4.68 Å². The third-order valence-corrected chi connectivity index (χ3v) is 5.34. The number of carbonyl (C=O) groups excluding carboxylic acids is 1. The van der Waals surface area contributed by atoms with E-state index in [9.17, 15) is 9.59 Å². The molecule has 1 aromatic carbocycles. The van der Waals surface area contributed by atoms with E-state index in [1.807, 2.05) is 18.2 Å². The van der Waals surface area contributed by atoms with Crippen molar-refractivity contribution in [3.63, 3.8) is 0 Å². The molecule has 4 heterocycles. The number of rotatable bonds is 3. The van der Waals surface area contributed by atoms with Crippen LogP contribution in [-0.4, -0.2) is 32.1 Å². The van der Waals surface area contributed by atoms with Gasteiger partial charge in [0, 0.05) is 23.1 Å². The first-order valence-corrected chi connectivity index (χ1v) is 9.57. The van der Waals surface area contributed by atoms with Crippen LogP contribution in [0, 0.1) is 0 Å². The van der Waals surface area contributed by atoms with Crippen LogP contribution in [0.15, 0.2) is 54.7 Å². The molecule has 0 bridgehead atoms. The average molecular weight is 443 g/mol. The van der Waals surface area contributed by atoms with E-state index in [1.165, 1.54) is 10.9 Å². The Morgan fingerprint density at radius 2 is 2.07 bits per heavy atom. The predicted molar refractivity (Wildman–Crippen MR) is 104 cm³/mol. The number of halogens is 1. The highest BCUT2D eigenvalue weighted by molar-refractivity contribution is 9.10. The molecule has 0 unspecified atom stereocenters. The van der Waals surface area contributed by atoms with Crippen molar-refractivity contribution < 1.29 is 13.6 Å². The number of benzene rings is 1. The van der Waals surface area contributed by atoms with Gasteiger partial charge in [0.15, 0.2) is 10.4 Å².